The van der Waals surface area contributed by atoms with Gasteiger partial charge in [0.1, 0.15) is 5.41 Å². The molecule has 2 heteroatoms. The van der Waals surface area contributed by atoms with Gasteiger partial charge in [0.05, 0.1) is 11.4 Å². The van der Waals surface area contributed by atoms with Gasteiger partial charge in [-0.1, -0.05) is 78.9 Å². The van der Waals surface area contributed by atoms with Crippen LogP contribution in [0.4, 0.5) is 5.69 Å². The van der Waals surface area contributed by atoms with Gasteiger partial charge in [0.15, 0.2) is 5.78 Å². The Morgan fingerprint density at radius 2 is 1.38 bits per heavy atom. The van der Waals surface area contributed by atoms with Crippen molar-refractivity contribution >= 4 is 17.2 Å². The van der Waals surface area contributed by atoms with E-state index in [0.29, 0.717) is 5.56 Å². The number of nitrogens with zero attached hydrogens (tertiary/aromatic N) is 1. The maximum Gasteiger partial charge on any atom is 0.179 e. The van der Waals surface area contributed by atoms with E-state index in [4.69, 9.17) is 4.99 Å². The van der Waals surface area contributed by atoms with Crippen LogP contribution >= 0.6 is 0 Å². The van der Waals surface area contributed by atoms with Gasteiger partial charge in [-0.3, -0.25) is 9.79 Å². The standard InChI is InChI=1S/C22H17NO/c1-22(21(24)17-12-6-3-7-13-17)18-14-8-9-15-19(18)23-20(22)16-10-4-2-5-11-16/h2-15H,1H3. The third-order valence-corrected chi connectivity index (χ3v) is 4.69. The Kier molecular flexibility index (Phi) is 3.39. The van der Waals surface area contributed by atoms with Crippen molar-refractivity contribution < 1.29 is 4.79 Å². The van der Waals surface area contributed by atoms with E-state index in [2.05, 4.69) is 0 Å². The summed E-state index contributed by atoms with van der Waals surface area (Å²) in [5.41, 5.74) is 3.58. The minimum atomic E-state index is -0.778. The molecule has 1 heterocycles. The van der Waals surface area contributed by atoms with Gasteiger partial charge >= 0.3 is 0 Å². The number of para-hydroxylation sites is 1. The molecule has 116 valence electrons. The van der Waals surface area contributed by atoms with Crippen LogP contribution in [-0.2, 0) is 5.41 Å². The van der Waals surface area contributed by atoms with Crippen molar-refractivity contribution in [2.75, 3.05) is 0 Å². The van der Waals surface area contributed by atoms with Crippen LogP contribution in [-0.4, -0.2) is 11.5 Å². The second-order valence-electron chi connectivity index (χ2n) is 6.16. The van der Waals surface area contributed by atoms with E-state index in [9.17, 15) is 4.79 Å². The molecule has 0 radical (unpaired) electrons. The molecule has 1 aliphatic heterocycles. The summed E-state index contributed by atoms with van der Waals surface area (Å²) in [6, 6.07) is 27.4. The first-order chi connectivity index (χ1) is 11.7. The van der Waals surface area contributed by atoms with Crippen molar-refractivity contribution in [3.8, 4) is 0 Å². The first-order valence-electron chi connectivity index (χ1n) is 8.05. The lowest BCUT2D eigenvalue weighted by Gasteiger charge is -2.26. The van der Waals surface area contributed by atoms with E-state index in [1.54, 1.807) is 0 Å². The van der Waals surface area contributed by atoms with Gasteiger partial charge in [0, 0.05) is 5.56 Å². The lowest BCUT2D eigenvalue weighted by Crippen LogP contribution is -2.39. The molecule has 3 aromatic carbocycles. The molecule has 1 unspecified atom stereocenters. The van der Waals surface area contributed by atoms with E-state index >= 15 is 0 Å². The summed E-state index contributed by atoms with van der Waals surface area (Å²) in [6.07, 6.45) is 0. The van der Waals surface area contributed by atoms with Crippen LogP contribution in [0.5, 0.6) is 0 Å². The summed E-state index contributed by atoms with van der Waals surface area (Å²) >= 11 is 0. The van der Waals surface area contributed by atoms with Crippen LogP contribution in [0.2, 0.25) is 0 Å². The smallest absolute Gasteiger partial charge is 0.179 e. The maximum atomic E-state index is 13.4. The summed E-state index contributed by atoms with van der Waals surface area (Å²) in [6.45, 7) is 1.99. The highest BCUT2D eigenvalue weighted by Gasteiger charge is 2.46. The number of hydrogen-bond donors (Lipinski definition) is 0. The maximum absolute atomic E-state index is 13.4. The zero-order valence-corrected chi connectivity index (χ0v) is 13.4. The number of fused-ring (bicyclic) bond motifs is 1. The predicted molar refractivity (Wildman–Crippen MR) is 97.2 cm³/mol. The topological polar surface area (TPSA) is 29.4 Å². The molecule has 0 aromatic heterocycles. The van der Waals surface area contributed by atoms with Crippen molar-refractivity contribution in [3.63, 3.8) is 0 Å². The summed E-state index contributed by atoms with van der Waals surface area (Å²) in [5.74, 6) is 0.0793. The lowest BCUT2D eigenvalue weighted by atomic mass is 9.72. The zero-order valence-electron chi connectivity index (χ0n) is 13.4. The van der Waals surface area contributed by atoms with Crippen LogP contribution in [0.15, 0.2) is 89.9 Å². The Morgan fingerprint density at radius 3 is 2.08 bits per heavy atom. The van der Waals surface area contributed by atoms with Crippen LogP contribution in [0.3, 0.4) is 0 Å². The summed E-state index contributed by atoms with van der Waals surface area (Å²) in [5, 5.41) is 0. The molecule has 24 heavy (non-hydrogen) atoms. The Labute approximate surface area is 141 Å². The van der Waals surface area contributed by atoms with Gasteiger partial charge in [0.2, 0.25) is 0 Å². The first-order valence-corrected chi connectivity index (χ1v) is 8.05. The molecule has 0 amide bonds. The van der Waals surface area contributed by atoms with Gasteiger partial charge < -0.3 is 0 Å². The number of aliphatic imine (C=N–C) groups is 1. The second kappa shape index (κ2) is 5.57. The van der Waals surface area contributed by atoms with Crippen LogP contribution < -0.4 is 0 Å². The Hall–Kier alpha value is -3.00. The lowest BCUT2D eigenvalue weighted by molar-refractivity contribution is 0.0940. The minimum absolute atomic E-state index is 0.0793. The van der Waals surface area contributed by atoms with E-state index in [-0.39, 0.29) is 5.78 Å². The highest BCUT2D eigenvalue weighted by atomic mass is 16.1. The average molecular weight is 311 g/mol. The van der Waals surface area contributed by atoms with Gasteiger partial charge in [-0.05, 0) is 24.1 Å². The van der Waals surface area contributed by atoms with Gasteiger partial charge in [0.25, 0.3) is 0 Å². The van der Waals surface area contributed by atoms with Crippen molar-refractivity contribution in [1.82, 2.24) is 0 Å². The molecule has 0 saturated carbocycles. The number of hydrogen-bond acceptors (Lipinski definition) is 2. The molecule has 4 rings (SSSR count). The third kappa shape index (κ3) is 2.11. The molecule has 0 saturated heterocycles. The quantitative estimate of drug-likeness (QED) is 0.628. The third-order valence-electron chi connectivity index (χ3n) is 4.69. The molecule has 0 N–H and O–H groups in total. The summed E-state index contributed by atoms with van der Waals surface area (Å²) in [4.78, 5) is 18.3. The molecule has 0 fully saturated rings. The fourth-order valence-electron chi connectivity index (χ4n) is 3.41. The van der Waals surface area contributed by atoms with Gasteiger partial charge in [-0.2, -0.15) is 0 Å². The molecular formula is C22H17NO. The number of carbonyl (C=O) groups excluding carboxylic acids is 1. The van der Waals surface area contributed by atoms with Crippen LogP contribution in [0, 0.1) is 0 Å². The average Bonchev–Trinajstić information content (AvgIpc) is 2.97. The fraction of sp³-hybridized carbons (Fsp3) is 0.0909. The van der Waals surface area contributed by atoms with Crippen molar-refractivity contribution in [1.29, 1.82) is 0 Å². The van der Waals surface area contributed by atoms with Crippen molar-refractivity contribution in [3.05, 3.63) is 102 Å². The summed E-state index contributed by atoms with van der Waals surface area (Å²) in [7, 11) is 0. The number of benzene rings is 3. The van der Waals surface area contributed by atoms with E-state index in [0.717, 1.165) is 22.5 Å². The summed E-state index contributed by atoms with van der Waals surface area (Å²) < 4.78 is 0. The molecule has 0 aliphatic carbocycles. The number of Topliss-reactive ketones (excluding diaryl/α,β-unsaturated/α-hetero) is 1. The molecule has 0 bridgehead atoms. The molecule has 1 atom stereocenters. The monoisotopic (exact) mass is 311 g/mol. The Bertz CT molecular complexity index is 928. The van der Waals surface area contributed by atoms with Crippen LogP contribution in [0.1, 0.15) is 28.4 Å². The molecular weight excluding hydrogens is 294 g/mol. The van der Waals surface area contributed by atoms with Crippen molar-refractivity contribution in [2.45, 2.75) is 12.3 Å². The number of carbonyl (C=O) groups is 1. The Morgan fingerprint density at radius 1 is 0.792 bits per heavy atom. The molecule has 1 aliphatic rings. The first kappa shape index (κ1) is 14.6. The van der Waals surface area contributed by atoms with Gasteiger partial charge in [-0.25, -0.2) is 0 Å². The van der Waals surface area contributed by atoms with Gasteiger partial charge in [-0.15, -0.1) is 0 Å². The van der Waals surface area contributed by atoms with E-state index < -0.39 is 5.41 Å². The fourth-order valence-corrected chi connectivity index (χ4v) is 3.41. The molecule has 0 spiro atoms. The zero-order chi connectivity index (χ0) is 16.6. The minimum Gasteiger partial charge on any atom is -0.293 e. The molecule has 2 nitrogen and oxygen atoms in total. The number of rotatable bonds is 3. The van der Waals surface area contributed by atoms with E-state index in [1.165, 1.54) is 0 Å². The van der Waals surface area contributed by atoms with Crippen LogP contribution in [0.25, 0.3) is 0 Å². The normalized spacial score (nSPS) is 18.8. The van der Waals surface area contributed by atoms with Crippen molar-refractivity contribution in [2.24, 2.45) is 4.99 Å². The highest BCUT2D eigenvalue weighted by Crippen LogP contribution is 2.44. The largest absolute Gasteiger partial charge is 0.293 e. The second-order valence-corrected chi connectivity index (χ2v) is 6.16. The SMILES string of the molecule is CC1(C(=O)c2ccccc2)C(c2ccccc2)=Nc2ccccc21. The Balaban J connectivity index is 1.93. The molecule has 3 aromatic rings. The van der Waals surface area contributed by atoms with E-state index in [1.807, 2.05) is 91.9 Å². The number of ketones is 1. The predicted octanol–water partition coefficient (Wildman–Crippen LogP) is 4.96. The highest BCUT2D eigenvalue weighted by molar-refractivity contribution is 6.28.